The van der Waals surface area contributed by atoms with Crippen LogP contribution in [0.4, 0.5) is 13.2 Å². The molecule has 0 radical (unpaired) electrons. The number of fused-ring (bicyclic) bond motifs is 2. The van der Waals surface area contributed by atoms with Gasteiger partial charge < -0.3 is 9.84 Å². The maximum atomic E-state index is 12.9. The number of aromatic hydroxyl groups is 1. The van der Waals surface area contributed by atoms with Crippen LogP contribution in [0, 0.1) is 6.92 Å². The lowest BCUT2D eigenvalue weighted by Gasteiger charge is -2.35. The first-order valence-electron chi connectivity index (χ1n) is 8.65. The number of hydrogen-bond donors (Lipinski definition) is 1. The highest BCUT2D eigenvalue weighted by Crippen LogP contribution is 2.48. The highest BCUT2D eigenvalue weighted by molar-refractivity contribution is 5.80. The Bertz CT molecular complexity index is 1040. The van der Waals surface area contributed by atoms with E-state index in [1.165, 1.54) is 6.92 Å². The highest BCUT2D eigenvalue weighted by atomic mass is 19.4. The monoisotopic (exact) mass is 375 g/mol. The Morgan fingerprint density at radius 3 is 2.67 bits per heavy atom. The minimum Gasteiger partial charge on any atom is -0.507 e. The zero-order chi connectivity index (χ0) is 19.0. The molecule has 0 amide bonds. The van der Waals surface area contributed by atoms with Crippen LogP contribution in [0.25, 0.3) is 22.3 Å². The molecule has 2 saturated heterocycles. The number of aromatic nitrogens is 3. The lowest BCUT2D eigenvalue weighted by Crippen LogP contribution is -2.43. The summed E-state index contributed by atoms with van der Waals surface area (Å²) in [7, 11) is 0. The van der Waals surface area contributed by atoms with Gasteiger partial charge in [-0.2, -0.15) is 18.3 Å². The lowest BCUT2D eigenvalue weighted by molar-refractivity contribution is -0.137. The summed E-state index contributed by atoms with van der Waals surface area (Å²) in [6.45, 7) is 2.16. The van der Waals surface area contributed by atoms with Crippen LogP contribution in [0.2, 0.25) is 0 Å². The van der Waals surface area contributed by atoms with Crippen molar-refractivity contribution in [2.45, 2.75) is 37.6 Å². The van der Waals surface area contributed by atoms with Gasteiger partial charge in [0.2, 0.25) is 0 Å². The summed E-state index contributed by atoms with van der Waals surface area (Å²) in [5.74, 6) is -0.446. The van der Waals surface area contributed by atoms with Crippen molar-refractivity contribution in [3.63, 3.8) is 0 Å². The van der Waals surface area contributed by atoms with Crippen molar-refractivity contribution in [1.29, 1.82) is 0 Å². The number of aryl methyl sites for hydroxylation is 1. The van der Waals surface area contributed by atoms with Crippen molar-refractivity contribution in [3.05, 3.63) is 41.6 Å². The summed E-state index contributed by atoms with van der Waals surface area (Å²) in [6, 6.07) is 5.26. The van der Waals surface area contributed by atoms with Crippen LogP contribution in [-0.2, 0) is 16.5 Å². The molecule has 2 aromatic heterocycles. The topological polar surface area (TPSA) is 60.2 Å². The summed E-state index contributed by atoms with van der Waals surface area (Å²) in [5, 5.41) is 15.6. The molecule has 1 aromatic carbocycles. The predicted octanol–water partition coefficient (Wildman–Crippen LogP) is 4.02. The third-order valence-electron chi connectivity index (χ3n) is 5.56. The van der Waals surface area contributed by atoms with Gasteiger partial charge in [0.05, 0.1) is 29.5 Å². The van der Waals surface area contributed by atoms with Crippen LogP contribution in [0.5, 0.6) is 5.75 Å². The molecule has 3 fully saturated rings. The van der Waals surface area contributed by atoms with Gasteiger partial charge in [0, 0.05) is 30.0 Å². The number of rotatable bonds is 2. The summed E-state index contributed by atoms with van der Waals surface area (Å²) in [6.07, 6.45) is -0.400. The molecule has 0 atom stereocenters. The van der Waals surface area contributed by atoms with E-state index in [1.807, 2.05) is 16.9 Å². The molecule has 0 spiro atoms. The minimum absolute atomic E-state index is 0.0993. The molecule has 3 aliphatic rings. The molecule has 27 heavy (non-hydrogen) atoms. The predicted molar refractivity (Wildman–Crippen MR) is 91.3 cm³/mol. The summed E-state index contributed by atoms with van der Waals surface area (Å²) in [5.41, 5.74) is 0.493. The van der Waals surface area contributed by atoms with Crippen molar-refractivity contribution >= 4 is 11.0 Å². The van der Waals surface area contributed by atoms with Crippen LogP contribution >= 0.6 is 0 Å². The smallest absolute Gasteiger partial charge is 0.416 e. The SMILES string of the molecule is Cc1cc(C(F)(F)F)cc(O)c1-c1ccc2cn(C34COC(C3)C4)nc2n1. The molecular formula is C19H16F3N3O2. The van der Waals surface area contributed by atoms with Crippen LogP contribution in [0.15, 0.2) is 30.5 Å². The fraction of sp³-hybridized carbons (Fsp3) is 0.368. The second-order valence-corrected chi connectivity index (χ2v) is 7.43. The van der Waals surface area contributed by atoms with Gasteiger partial charge in [0.15, 0.2) is 5.65 Å². The first kappa shape index (κ1) is 16.6. The Morgan fingerprint density at radius 1 is 1.26 bits per heavy atom. The molecule has 4 heterocycles. The number of benzene rings is 1. The first-order valence-corrected chi connectivity index (χ1v) is 8.65. The zero-order valence-corrected chi connectivity index (χ0v) is 14.4. The second kappa shape index (κ2) is 5.22. The molecule has 6 rings (SSSR count). The van der Waals surface area contributed by atoms with Gasteiger partial charge in [-0.25, -0.2) is 4.98 Å². The Hall–Kier alpha value is -2.61. The van der Waals surface area contributed by atoms with E-state index in [0.717, 1.165) is 30.4 Å². The molecule has 2 aliphatic heterocycles. The Kier molecular flexibility index (Phi) is 3.20. The molecule has 1 aliphatic carbocycles. The van der Waals surface area contributed by atoms with Gasteiger partial charge >= 0.3 is 6.18 Å². The second-order valence-electron chi connectivity index (χ2n) is 7.43. The van der Waals surface area contributed by atoms with Gasteiger partial charge in [0.25, 0.3) is 0 Å². The van der Waals surface area contributed by atoms with Crippen molar-refractivity contribution in [2.75, 3.05) is 6.61 Å². The van der Waals surface area contributed by atoms with Crippen molar-refractivity contribution in [1.82, 2.24) is 14.8 Å². The number of halogens is 3. The number of phenolic OH excluding ortho intramolecular Hbond substituents is 1. The normalized spacial score (nSPS) is 24.4. The summed E-state index contributed by atoms with van der Waals surface area (Å²) in [4.78, 5) is 4.49. The summed E-state index contributed by atoms with van der Waals surface area (Å²) >= 11 is 0. The standard InChI is InChI=1S/C19H16F3N3O2/c1-10-4-12(19(20,21)22)5-15(26)16(10)14-3-2-11-8-25(24-17(11)23-14)18-6-13(7-18)27-9-18/h2-5,8,13,26H,6-7,9H2,1H3. The third-order valence-corrected chi connectivity index (χ3v) is 5.56. The van der Waals surface area contributed by atoms with E-state index in [1.54, 1.807) is 6.07 Å². The van der Waals surface area contributed by atoms with E-state index in [0.29, 0.717) is 29.6 Å². The van der Waals surface area contributed by atoms with Crippen molar-refractivity contribution in [2.24, 2.45) is 0 Å². The van der Waals surface area contributed by atoms with Gasteiger partial charge in [-0.15, -0.1) is 0 Å². The average molecular weight is 375 g/mol. The molecule has 0 unspecified atom stereocenters. The zero-order valence-electron chi connectivity index (χ0n) is 14.4. The van der Waals surface area contributed by atoms with E-state index < -0.39 is 17.5 Å². The number of pyridine rings is 1. The molecule has 5 nitrogen and oxygen atoms in total. The van der Waals surface area contributed by atoms with E-state index >= 15 is 0 Å². The van der Waals surface area contributed by atoms with Crippen LogP contribution < -0.4 is 0 Å². The lowest BCUT2D eigenvalue weighted by atomic mass is 9.78. The highest BCUT2D eigenvalue weighted by Gasteiger charge is 2.54. The van der Waals surface area contributed by atoms with E-state index in [4.69, 9.17) is 4.74 Å². The van der Waals surface area contributed by atoms with Crippen LogP contribution in [0.1, 0.15) is 24.0 Å². The largest absolute Gasteiger partial charge is 0.507 e. The van der Waals surface area contributed by atoms with Gasteiger partial charge in [-0.1, -0.05) is 0 Å². The molecule has 3 aromatic rings. The minimum atomic E-state index is -4.51. The number of alkyl halides is 3. The van der Waals surface area contributed by atoms with Crippen LogP contribution in [-0.4, -0.2) is 32.6 Å². The van der Waals surface area contributed by atoms with E-state index in [2.05, 4.69) is 10.1 Å². The molecule has 1 N–H and O–H groups in total. The van der Waals surface area contributed by atoms with Crippen molar-refractivity contribution in [3.8, 4) is 17.0 Å². The fourth-order valence-corrected chi connectivity index (χ4v) is 4.10. The number of ether oxygens (including phenoxy) is 1. The maximum Gasteiger partial charge on any atom is 0.416 e. The number of phenols is 1. The third kappa shape index (κ3) is 2.43. The maximum absolute atomic E-state index is 12.9. The quantitative estimate of drug-likeness (QED) is 0.735. The fourth-order valence-electron chi connectivity index (χ4n) is 4.10. The average Bonchev–Trinajstić information content (AvgIpc) is 3.26. The Labute approximate surface area is 152 Å². The van der Waals surface area contributed by atoms with Gasteiger partial charge in [0.1, 0.15) is 5.75 Å². The molecule has 1 saturated carbocycles. The molecule has 2 bridgehead atoms. The number of hydrogen-bond acceptors (Lipinski definition) is 4. The first-order chi connectivity index (χ1) is 12.7. The van der Waals surface area contributed by atoms with Gasteiger partial charge in [-0.3, -0.25) is 4.68 Å². The molecule has 140 valence electrons. The van der Waals surface area contributed by atoms with E-state index in [-0.39, 0.29) is 11.1 Å². The van der Waals surface area contributed by atoms with Crippen LogP contribution in [0.3, 0.4) is 0 Å². The van der Waals surface area contributed by atoms with E-state index in [9.17, 15) is 18.3 Å². The Balaban J connectivity index is 1.58. The van der Waals surface area contributed by atoms with Crippen molar-refractivity contribution < 1.29 is 23.0 Å². The van der Waals surface area contributed by atoms with Gasteiger partial charge in [-0.05, 0) is 36.8 Å². The molecule has 8 heteroatoms. The summed E-state index contributed by atoms with van der Waals surface area (Å²) < 4.78 is 46.3. The Morgan fingerprint density at radius 2 is 2.04 bits per heavy atom. The number of nitrogens with zero attached hydrogens (tertiary/aromatic N) is 3. The molecular weight excluding hydrogens is 359 g/mol.